The van der Waals surface area contributed by atoms with E-state index in [-0.39, 0.29) is 30.4 Å². The number of likely N-dealkylation sites (tertiary alicyclic amines) is 1. The second-order valence-corrected chi connectivity index (χ2v) is 4.77. The van der Waals surface area contributed by atoms with Gasteiger partial charge in [0.1, 0.15) is 0 Å². The summed E-state index contributed by atoms with van der Waals surface area (Å²) in [5, 5.41) is 9.26. The normalized spacial score (nSPS) is 24.3. The smallest absolute Gasteiger partial charge is 0.290 e. The number of furan rings is 1. The molecular formula is C11H14BrNO4. The molecular weight excluding hydrogens is 290 g/mol. The van der Waals surface area contributed by atoms with Crippen molar-refractivity contribution in [3.05, 3.63) is 22.6 Å². The van der Waals surface area contributed by atoms with Gasteiger partial charge < -0.3 is 19.2 Å². The fourth-order valence-electron chi connectivity index (χ4n) is 2.04. The van der Waals surface area contributed by atoms with Crippen LogP contribution in [0, 0.1) is 0 Å². The van der Waals surface area contributed by atoms with Crippen LogP contribution < -0.4 is 0 Å². The molecule has 1 aliphatic rings. The highest BCUT2D eigenvalue weighted by Gasteiger charge is 2.36. The van der Waals surface area contributed by atoms with E-state index in [0.29, 0.717) is 17.6 Å². The highest BCUT2D eigenvalue weighted by molar-refractivity contribution is 9.10. The van der Waals surface area contributed by atoms with E-state index >= 15 is 0 Å². The number of halogens is 1. The molecule has 2 heterocycles. The van der Waals surface area contributed by atoms with Crippen LogP contribution in [0.25, 0.3) is 0 Å². The minimum Gasteiger partial charge on any atom is -0.444 e. The van der Waals surface area contributed by atoms with Crippen molar-refractivity contribution in [1.82, 2.24) is 4.90 Å². The first-order valence-corrected chi connectivity index (χ1v) is 6.15. The van der Waals surface area contributed by atoms with Crippen molar-refractivity contribution >= 4 is 21.8 Å². The van der Waals surface area contributed by atoms with Crippen LogP contribution in [0.4, 0.5) is 0 Å². The molecule has 1 aliphatic heterocycles. The number of hydrogen-bond acceptors (Lipinski definition) is 4. The summed E-state index contributed by atoms with van der Waals surface area (Å²) in [7, 11) is 1.61. The molecule has 0 unspecified atom stereocenters. The third kappa shape index (κ3) is 2.53. The maximum Gasteiger partial charge on any atom is 0.290 e. The van der Waals surface area contributed by atoms with Gasteiger partial charge in [0.15, 0.2) is 10.4 Å². The minimum atomic E-state index is -0.214. The molecule has 94 valence electrons. The van der Waals surface area contributed by atoms with Gasteiger partial charge >= 0.3 is 0 Å². The van der Waals surface area contributed by atoms with E-state index in [1.54, 1.807) is 24.1 Å². The van der Waals surface area contributed by atoms with E-state index in [1.807, 2.05) is 0 Å². The maximum absolute atomic E-state index is 12.1. The number of amides is 1. The molecule has 0 aromatic carbocycles. The molecule has 0 bridgehead atoms. The third-order valence-corrected chi connectivity index (χ3v) is 3.39. The molecule has 1 aromatic heterocycles. The zero-order valence-corrected chi connectivity index (χ0v) is 11.0. The van der Waals surface area contributed by atoms with Crippen molar-refractivity contribution < 1.29 is 19.1 Å². The Kier molecular flexibility index (Phi) is 3.86. The number of rotatable bonds is 3. The first-order valence-electron chi connectivity index (χ1n) is 5.35. The number of hydrogen-bond donors (Lipinski definition) is 1. The molecule has 17 heavy (non-hydrogen) atoms. The molecule has 6 heteroatoms. The number of aliphatic hydroxyl groups is 1. The first kappa shape index (κ1) is 12.6. The van der Waals surface area contributed by atoms with Crippen LogP contribution >= 0.6 is 15.9 Å². The second-order valence-electron chi connectivity index (χ2n) is 3.99. The van der Waals surface area contributed by atoms with Crippen molar-refractivity contribution in [1.29, 1.82) is 0 Å². The number of ether oxygens (including phenoxy) is 1. The second kappa shape index (κ2) is 5.20. The van der Waals surface area contributed by atoms with Gasteiger partial charge in [-0.3, -0.25) is 4.79 Å². The Balaban J connectivity index is 2.13. The van der Waals surface area contributed by atoms with Gasteiger partial charge in [0.05, 0.1) is 18.8 Å². The van der Waals surface area contributed by atoms with Gasteiger partial charge in [-0.1, -0.05) is 0 Å². The molecule has 0 aliphatic carbocycles. The van der Waals surface area contributed by atoms with Gasteiger partial charge in [-0.05, 0) is 34.5 Å². The predicted octanol–water partition coefficient (Wildman–Crippen LogP) is 1.26. The molecule has 1 N–H and O–H groups in total. The summed E-state index contributed by atoms with van der Waals surface area (Å²) in [6, 6.07) is 3.09. The Hall–Kier alpha value is -0.850. The summed E-state index contributed by atoms with van der Waals surface area (Å²) < 4.78 is 11.0. The SMILES string of the molecule is CO[C@H]1C[C@@H](CO)N(C(=O)c2ccc(Br)o2)C1. The lowest BCUT2D eigenvalue weighted by molar-refractivity contribution is 0.0616. The molecule has 0 radical (unpaired) electrons. The van der Waals surface area contributed by atoms with E-state index in [9.17, 15) is 9.90 Å². The van der Waals surface area contributed by atoms with Gasteiger partial charge in [0, 0.05) is 13.7 Å². The maximum atomic E-state index is 12.1. The fourth-order valence-corrected chi connectivity index (χ4v) is 2.34. The van der Waals surface area contributed by atoms with Gasteiger partial charge in [0.25, 0.3) is 5.91 Å². The zero-order valence-electron chi connectivity index (χ0n) is 9.43. The minimum absolute atomic E-state index is 0.0190. The molecule has 1 aromatic rings. The van der Waals surface area contributed by atoms with Crippen LogP contribution in [-0.2, 0) is 4.74 Å². The van der Waals surface area contributed by atoms with E-state index in [0.717, 1.165) is 0 Å². The number of carbonyl (C=O) groups is 1. The topological polar surface area (TPSA) is 62.9 Å². The highest BCUT2D eigenvalue weighted by Crippen LogP contribution is 2.23. The zero-order chi connectivity index (χ0) is 12.4. The van der Waals surface area contributed by atoms with Crippen LogP contribution in [0.2, 0.25) is 0 Å². The Labute approximate surface area is 107 Å². The first-order chi connectivity index (χ1) is 8.15. The highest BCUT2D eigenvalue weighted by atomic mass is 79.9. The monoisotopic (exact) mass is 303 g/mol. The van der Waals surface area contributed by atoms with Crippen LogP contribution in [0.3, 0.4) is 0 Å². The van der Waals surface area contributed by atoms with Gasteiger partial charge in [0.2, 0.25) is 0 Å². The van der Waals surface area contributed by atoms with Gasteiger partial charge in [-0.2, -0.15) is 0 Å². The van der Waals surface area contributed by atoms with Gasteiger partial charge in [-0.15, -0.1) is 0 Å². The third-order valence-electron chi connectivity index (χ3n) is 2.97. The summed E-state index contributed by atoms with van der Waals surface area (Å²) in [4.78, 5) is 13.7. The Morgan fingerprint density at radius 2 is 2.47 bits per heavy atom. The summed E-state index contributed by atoms with van der Waals surface area (Å²) in [6.07, 6.45) is 0.634. The molecule has 2 rings (SSSR count). The lowest BCUT2D eigenvalue weighted by Crippen LogP contribution is -2.37. The van der Waals surface area contributed by atoms with Crippen molar-refractivity contribution in [3.63, 3.8) is 0 Å². The van der Waals surface area contributed by atoms with Crippen LogP contribution in [0.1, 0.15) is 17.0 Å². The number of aliphatic hydroxyl groups excluding tert-OH is 1. The standard InChI is InChI=1S/C11H14BrNO4/c1-16-8-4-7(6-14)13(5-8)11(15)9-2-3-10(12)17-9/h2-3,7-8,14H,4-6H2,1H3/t7-,8-/m0/s1. The molecule has 1 fully saturated rings. The fraction of sp³-hybridized carbons (Fsp3) is 0.545. The van der Waals surface area contributed by atoms with Crippen molar-refractivity contribution in [2.45, 2.75) is 18.6 Å². The van der Waals surface area contributed by atoms with E-state index < -0.39 is 0 Å². The van der Waals surface area contributed by atoms with Gasteiger partial charge in [-0.25, -0.2) is 0 Å². The number of carbonyl (C=O) groups excluding carboxylic acids is 1. The molecule has 0 saturated carbocycles. The predicted molar refractivity (Wildman–Crippen MR) is 63.7 cm³/mol. The van der Waals surface area contributed by atoms with Crippen LogP contribution in [0.5, 0.6) is 0 Å². The number of nitrogens with zero attached hydrogens (tertiary/aromatic N) is 1. The van der Waals surface area contributed by atoms with Crippen LogP contribution in [-0.4, -0.2) is 48.3 Å². The molecule has 2 atom stereocenters. The summed E-state index contributed by atoms with van der Waals surface area (Å²) in [5.41, 5.74) is 0. The van der Waals surface area contributed by atoms with Crippen molar-refractivity contribution in [3.8, 4) is 0 Å². The van der Waals surface area contributed by atoms with Crippen LogP contribution in [0.15, 0.2) is 21.2 Å². The lowest BCUT2D eigenvalue weighted by Gasteiger charge is -2.21. The van der Waals surface area contributed by atoms with E-state index in [4.69, 9.17) is 9.15 Å². The average molecular weight is 304 g/mol. The van der Waals surface area contributed by atoms with E-state index in [2.05, 4.69) is 15.9 Å². The Morgan fingerprint density at radius 3 is 3.00 bits per heavy atom. The van der Waals surface area contributed by atoms with Crippen molar-refractivity contribution in [2.24, 2.45) is 0 Å². The quantitative estimate of drug-likeness (QED) is 0.913. The average Bonchev–Trinajstić information content (AvgIpc) is 2.93. The Bertz CT molecular complexity index is 406. The molecule has 0 spiro atoms. The number of methoxy groups -OCH3 is 1. The summed E-state index contributed by atoms with van der Waals surface area (Å²) in [6.45, 7) is 0.423. The molecule has 1 saturated heterocycles. The molecule has 1 amide bonds. The Morgan fingerprint density at radius 1 is 1.71 bits per heavy atom. The summed E-state index contributed by atoms with van der Waals surface area (Å²) in [5.74, 6) is 0.0568. The van der Waals surface area contributed by atoms with Crippen molar-refractivity contribution in [2.75, 3.05) is 20.3 Å². The van der Waals surface area contributed by atoms with E-state index in [1.165, 1.54) is 0 Å². The summed E-state index contributed by atoms with van der Waals surface area (Å²) >= 11 is 3.16. The lowest BCUT2D eigenvalue weighted by atomic mass is 10.2. The molecule has 5 nitrogen and oxygen atoms in total. The largest absolute Gasteiger partial charge is 0.444 e.